The fraction of sp³-hybridized carbons (Fsp3) is 0.818. The molecule has 0 saturated heterocycles. The van der Waals surface area contributed by atoms with Crippen LogP contribution >= 0.6 is 0 Å². The molecule has 0 aromatic heterocycles. The molecular weight excluding hydrogens is 194 g/mol. The summed E-state index contributed by atoms with van der Waals surface area (Å²) in [5, 5.41) is 0. The minimum absolute atomic E-state index is 0.200. The zero-order chi connectivity index (χ0) is 11.4. The van der Waals surface area contributed by atoms with Gasteiger partial charge in [0.25, 0.3) is 0 Å². The van der Waals surface area contributed by atoms with Crippen LogP contribution in [0.3, 0.4) is 0 Å². The summed E-state index contributed by atoms with van der Waals surface area (Å²) in [6.45, 7) is 13.9. The van der Waals surface area contributed by atoms with Gasteiger partial charge in [-0.3, -0.25) is 0 Å². The van der Waals surface area contributed by atoms with Gasteiger partial charge in [0.2, 0.25) is 0 Å². The molecule has 0 rings (SSSR count). The zero-order valence-electron chi connectivity index (χ0n) is 9.96. The van der Waals surface area contributed by atoms with Crippen molar-refractivity contribution in [2.24, 2.45) is 5.92 Å². The van der Waals surface area contributed by atoms with Crippen molar-refractivity contribution in [3.63, 3.8) is 0 Å². The SMILES string of the molecule is C=CC[C@H](NS(=O)C(C)(C)C)C(C)C. The van der Waals surface area contributed by atoms with Gasteiger partial charge in [-0.2, -0.15) is 0 Å². The second-order valence-electron chi connectivity index (χ2n) is 4.87. The van der Waals surface area contributed by atoms with Crippen LogP contribution in [0.2, 0.25) is 0 Å². The number of rotatable bonds is 5. The predicted octanol–water partition coefficient (Wildman–Crippen LogP) is 2.64. The van der Waals surface area contributed by atoms with E-state index >= 15 is 0 Å². The molecule has 0 radical (unpaired) electrons. The van der Waals surface area contributed by atoms with Crippen LogP contribution < -0.4 is 4.72 Å². The normalized spacial score (nSPS) is 16.7. The maximum Gasteiger partial charge on any atom is 0.0972 e. The molecule has 84 valence electrons. The molecule has 2 atom stereocenters. The highest BCUT2D eigenvalue weighted by Crippen LogP contribution is 2.13. The summed E-state index contributed by atoms with van der Waals surface area (Å²) in [4.78, 5) is 0. The quantitative estimate of drug-likeness (QED) is 0.705. The molecule has 0 aliphatic rings. The molecule has 0 fully saturated rings. The largest absolute Gasteiger partial charge is 0.242 e. The molecule has 3 heteroatoms. The molecule has 1 N–H and O–H groups in total. The number of nitrogens with one attached hydrogen (secondary N) is 1. The second kappa shape index (κ2) is 5.66. The molecule has 1 unspecified atom stereocenters. The van der Waals surface area contributed by atoms with Gasteiger partial charge in [0.1, 0.15) is 0 Å². The van der Waals surface area contributed by atoms with Crippen molar-refractivity contribution in [3.05, 3.63) is 12.7 Å². The first-order valence-corrected chi connectivity index (χ1v) is 6.23. The Morgan fingerprint density at radius 3 is 2.21 bits per heavy atom. The smallest absolute Gasteiger partial charge is 0.0972 e. The van der Waals surface area contributed by atoms with E-state index in [0.29, 0.717) is 5.92 Å². The fourth-order valence-electron chi connectivity index (χ4n) is 0.950. The molecule has 0 bridgehead atoms. The summed E-state index contributed by atoms with van der Waals surface area (Å²) in [5.74, 6) is 0.472. The Morgan fingerprint density at radius 1 is 1.43 bits per heavy atom. The first kappa shape index (κ1) is 13.8. The van der Waals surface area contributed by atoms with Crippen LogP contribution in [0.5, 0.6) is 0 Å². The third-order valence-electron chi connectivity index (χ3n) is 2.04. The highest BCUT2D eigenvalue weighted by atomic mass is 32.2. The maximum atomic E-state index is 11.8. The lowest BCUT2D eigenvalue weighted by molar-refractivity contribution is 0.460. The van der Waals surface area contributed by atoms with Gasteiger partial charge in [0.05, 0.1) is 15.7 Å². The van der Waals surface area contributed by atoms with Crippen LogP contribution in [0.25, 0.3) is 0 Å². The molecule has 0 aromatic rings. The van der Waals surface area contributed by atoms with E-state index in [2.05, 4.69) is 25.1 Å². The molecule has 0 amide bonds. The van der Waals surface area contributed by atoms with Gasteiger partial charge in [0.15, 0.2) is 0 Å². The summed E-state index contributed by atoms with van der Waals surface area (Å²) < 4.78 is 14.8. The summed E-state index contributed by atoms with van der Waals surface area (Å²) in [7, 11) is -0.987. The topological polar surface area (TPSA) is 29.1 Å². The highest BCUT2D eigenvalue weighted by Gasteiger charge is 2.23. The third kappa shape index (κ3) is 4.91. The van der Waals surface area contributed by atoms with E-state index < -0.39 is 11.0 Å². The van der Waals surface area contributed by atoms with E-state index in [4.69, 9.17) is 0 Å². The van der Waals surface area contributed by atoms with Gasteiger partial charge in [-0.1, -0.05) is 19.9 Å². The van der Waals surface area contributed by atoms with E-state index in [-0.39, 0.29) is 10.8 Å². The summed E-state index contributed by atoms with van der Waals surface area (Å²) in [5.41, 5.74) is 0. The first-order valence-electron chi connectivity index (χ1n) is 5.08. The minimum Gasteiger partial charge on any atom is -0.242 e. The first-order chi connectivity index (χ1) is 6.29. The monoisotopic (exact) mass is 217 g/mol. The van der Waals surface area contributed by atoms with E-state index in [1.165, 1.54) is 0 Å². The average Bonchev–Trinajstić information content (AvgIpc) is 2.01. The molecule has 0 spiro atoms. The van der Waals surface area contributed by atoms with E-state index in [1.807, 2.05) is 26.8 Å². The number of hydrogen-bond donors (Lipinski definition) is 1. The summed E-state index contributed by atoms with van der Waals surface area (Å²) >= 11 is 0. The van der Waals surface area contributed by atoms with Crippen molar-refractivity contribution in [1.82, 2.24) is 4.72 Å². The van der Waals surface area contributed by atoms with Crippen LogP contribution in [-0.4, -0.2) is 15.0 Å². The van der Waals surface area contributed by atoms with Crippen LogP contribution in [0.15, 0.2) is 12.7 Å². The molecule has 2 nitrogen and oxygen atoms in total. The molecule has 0 saturated carbocycles. The van der Waals surface area contributed by atoms with Gasteiger partial charge in [-0.25, -0.2) is 8.93 Å². The van der Waals surface area contributed by atoms with Crippen LogP contribution in [-0.2, 0) is 11.0 Å². The minimum atomic E-state index is -0.987. The Kier molecular flexibility index (Phi) is 5.60. The molecule has 0 heterocycles. The molecule has 14 heavy (non-hydrogen) atoms. The Morgan fingerprint density at radius 2 is 1.93 bits per heavy atom. The Bertz CT molecular complexity index is 206. The lowest BCUT2D eigenvalue weighted by Crippen LogP contribution is -2.42. The van der Waals surface area contributed by atoms with Crippen LogP contribution in [0, 0.1) is 5.92 Å². The molecular formula is C11H23NOS. The lowest BCUT2D eigenvalue weighted by atomic mass is 10.0. The van der Waals surface area contributed by atoms with Gasteiger partial charge in [-0.05, 0) is 33.1 Å². The van der Waals surface area contributed by atoms with Gasteiger partial charge >= 0.3 is 0 Å². The van der Waals surface area contributed by atoms with Crippen molar-refractivity contribution in [1.29, 1.82) is 0 Å². The molecule has 0 aliphatic carbocycles. The zero-order valence-corrected chi connectivity index (χ0v) is 10.8. The summed E-state index contributed by atoms with van der Waals surface area (Å²) in [6, 6.07) is 0.257. The van der Waals surface area contributed by atoms with Crippen molar-refractivity contribution in [2.45, 2.75) is 51.8 Å². The standard InChI is InChI=1S/C11H23NOS/c1-7-8-10(9(2)3)12-14(13)11(4,5)6/h7,9-10,12H,1,8H2,2-6H3/t10-,14?/m0/s1. The average molecular weight is 217 g/mol. The number of hydrogen-bond acceptors (Lipinski definition) is 1. The van der Waals surface area contributed by atoms with Gasteiger partial charge in [0, 0.05) is 6.04 Å². The van der Waals surface area contributed by atoms with Crippen molar-refractivity contribution in [2.75, 3.05) is 0 Å². The molecule has 0 aliphatic heterocycles. The lowest BCUT2D eigenvalue weighted by Gasteiger charge is -2.25. The Balaban J connectivity index is 4.30. The van der Waals surface area contributed by atoms with E-state index in [0.717, 1.165) is 6.42 Å². The highest BCUT2D eigenvalue weighted by molar-refractivity contribution is 7.84. The summed E-state index contributed by atoms with van der Waals surface area (Å²) in [6.07, 6.45) is 2.73. The van der Waals surface area contributed by atoms with E-state index in [9.17, 15) is 4.21 Å². The van der Waals surface area contributed by atoms with Crippen molar-refractivity contribution >= 4 is 11.0 Å². The predicted molar refractivity (Wildman–Crippen MR) is 64.5 cm³/mol. The Labute approximate surface area is 90.8 Å². The van der Waals surface area contributed by atoms with Crippen molar-refractivity contribution < 1.29 is 4.21 Å². The van der Waals surface area contributed by atoms with Gasteiger partial charge in [-0.15, -0.1) is 6.58 Å². The van der Waals surface area contributed by atoms with Crippen LogP contribution in [0.4, 0.5) is 0 Å². The van der Waals surface area contributed by atoms with Crippen molar-refractivity contribution in [3.8, 4) is 0 Å². The maximum absolute atomic E-state index is 11.8. The second-order valence-corrected chi connectivity index (χ2v) is 6.87. The fourth-order valence-corrected chi connectivity index (χ4v) is 1.95. The van der Waals surface area contributed by atoms with E-state index in [1.54, 1.807) is 0 Å². The Hall–Kier alpha value is -0.150. The van der Waals surface area contributed by atoms with Gasteiger partial charge < -0.3 is 0 Å². The third-order valence-corrected chi connectivity index (χ3v) is 3.67. The molecule has 0 aromatic carbocycles. The van der Waals surface area contributed by atoms with Crippen LogP contribution in [0.1, 0.15) is 41.0 Å².